The topological polar surface area (TPSA) is 55.1 Å². The summed E-state index contributed by atoms with van der Waals surface area (Å²) < 4.78 is 38.6. The molecule has 0 saturated heterocycles. The molecular weight excluding hydrogens is 373 g/mol. The van der Waals surface area contributed by atoms with Crippen LogP contribution in [0.15, 0.2) is 9.34 Å². The predicted octanol–water partition coefficient (Wildman–Crippen LogP) is 3.23. The summed E-state index contributed by atoms with van der Waals surface area (Å²) in [6, 6.07) is -0.792. The lowest BCUT2D eigenvalue weighted by Gasteiger charge is -2.07. The highest BCUT2D eigenvalue weighted by atomic mass is 79.9. The summed E-state index contributed by atoms with van der Waals surface area (Å²) in [5.74, 6) is -2.73. The molecule has 0 radical (unpaired) electrons. The quantitative estimate of drug-likeness (QED) is 0.860. The maximum Gasteiger partial charge on any atom is 0.393 e. The third kappa shape index (κ3) is 2.22. The van der Waals surface area contributed by atoms with Crippen LogP contribution < -0.4 is 0 Å². The van der Waals surface area contributed by atoms with E-state index >= 15 is 0 Å². The summed E-state index contributed by atoms with van der Waals surface area (Å²) in [6.45, 7) is 0. The van der Waals surface area contributed by atoms with Crippen LogP contribution in [0.2, 0.25) is 0 Å². The van der Waals surface area contributed by atoms with E-state index in [0.717, 1.165) is 0 Å². The van der Waals surface area contributed by atoms with Crippen molar-refractivity contribution in [3.63, 3.8) is 0 Å². The highest BCUT2D eigenvalue weighted by Gasteiger charge is 2.57. The zero-order valence-corrected chi connectivity index (χ0v) is 11.2. The van der Waals surface area contributed by atoms with Gasteiger partial charge < -0.3 is 9.67 Å². The SMILES string of the molecule is O=C(O)c1nc(Br)n([C@H]2C[C@@H]2C(F)(F)F)c1Br. The normalized spacial score (nSPS) is 23.8. The van der Waals surface area contributed by atoms with Crippen molar-refractivity contribution >= 4 is 37.8 Å². The van der Waals surface area contributed by atoms with Gasteiger partial charge in [-0.05, 0) is 38.3 Å². The van der Waals surface area contributed by atoms with Crippen molar-refractivity contribution in [3.05, 3.63) is 15.0 Å². The number of nitrogens with zero attached hydrogens (tertiary/aromatic N) is 2. The summed E-state index contributed by atoms with van der Waals surface area (Å²) in [6.07, 6.45) is -4.33. The van der Waals surface area contributed by atoms with E-state index in [2.05, 4.69) is 36.8 Å². The number of carboxylic acid groups (broad SMARTS) is 1. The zero-order chi connectivity index (χ0) is 13.0. The van der Waals surface area contributed by atoms with Gasteiger partial charge in [0, 0.05) is 6.04 Å². The van der Waals surface area contributed by atoms with Gasteiger partial charge in [0.05, 0.1) is 5.92 Å². The molecule has 2 atom stereocenters. The fourth-order valence-electron chi connectivity index (χ4n) is 1.62. The van der Waals surface area contributed by atoms with Crippen molar-refractivity contribution in [2.45, 2.75) is 18.6 Å². The van der Waals surface area contributed by atoms with Crippen molar-refractivity contribution in [2.75, 3.05) is 0 Å². The van der Waals surface area contributed by atoms with E-state index in [1.54, 1.807) is 0 Å². The van der Waals surface area contributed by atoms with Gasteiger partial charge in [-0.3, -0.25) is 0 Å². The summed E-state index contributed by atoms with van der Waals surface area (Å²) in [5.41, 5.74) is -0.301. The van der Waals surface area contributed by atoms with Crippen LogP contribution in [0.25, 0.3) is 0 Å². The average Bonchev–Trinajstić information content (AvgIpc) is 2.88. The van der Waals surface area contributed by atoms with Crippen LogP contribution in [0.5, 0.6) is 0 Å². The van der Waals surface area contributed by atoms with Gasteiger partial charge in [-0.1, -0.05) is 0 Å². The molecule has 4 nitrogen and oxygen atoms in total. The lowest BCUT2D eigenvalue weighted by atomic mass is 10.4. The van der Waals surface area contributed by atoms with Gasteiger partial charge in [-0.15, -0.1) is 0 Å². The minimum absolute atomic E-state index is 0.0497. The van der Waals surface area contributed by atoms with E-state index in [4.69, 9.17) is 5.11 Å². The van der Waals surface area contributed by atoms with Gasteiger partial charge in [-0.25, -0.2) is 9.78 Å². The smallest absolute Gasteiger partial charge is 0.393 e. The van der Waals surface area contributed by atoms with Crippen LogP contribution in [0.3, 0.4) is 0 Å². The van der Waals surface area contributed by atoms with Crippen molar-refractivity contribution in [1.29, 1.82) is 0 Å². The summed E-state index contributed by atoms with van der Waals surface area (Å²) in [4.78, 5) is 14.4. The van der Waals surface area contributed by atoms with E-state index < -0.39 is 24.1 Å². The van der Waals surface area contributed by atoms with Crippen LogP contribution in [0, 0.1) is 5.92 Å². The molecule has 1 aromatic rings. The second-order valence-corrected chi connectivity index (χ2v) is 5.11. The Hall–Kier alpha value is -0.570. The molecule has 1 heterocycles. The first-order valence-corrected chi connectivity index (χ1v) is 6.05. The maximum absolute atomic E-state index is 12.4. The molecule has 0 aromatic carbocycles. The van der Waals surface area contributed by atoms with Gasteiger partial charge >= 0.3 is 12.1 Å². The first kappa shape index (κ1) is 12.9. The van der Waals surface area contributed by atoms with Crippen LogP contribution in [-0.2, 0) is 0 Å². The molecule has 0 spiro atoms. The lowest BCUT2D eigenvalue weighted by Crippen LogP contribution is -2.13. The molecule has 0 unspecified atom stereocenters. The Morgan fingerprint density at radius 1 is 1.47 bits per heavy atom. The number of alkyl halides is 3. The first-order valence-electron chi connectivity index (χ1n) is 4.46. The first-order chi connectivity index (χ1) is 7.73. The largest absolute Gasteiger partial charge is 0.476 e. The van der Waals surface area contributed by atoms with Crippen molar-refractivity contribution < 1.29 is 23.1 Å². The molecule has 1 N–H and O–H groups in total. The Morgan fingerprint density at radius 3 is 2.41 bits per heavy atom. The van der Waals surface area contributed by atoms with Gasteiger partial charge in [-0.2, -0.15) is 13.2 Å². The zero-order valence-electron chi connectivity index (χ0n) is 8.00. The number of carbonyl (C=O) groups is 1. The highest BCUT2D eigenvalue weighted by molar-refractivity contribution is 9.11. The number of rotatable bonds is 2. The van der Waals surface area contributed by atoms with Gasteiger partial charge in [0.2, 0.25) is 0 Å². The van der Waals surface area contributed by atoms with Crippen molar-refractivity contribution in [3.8, 4) is 0 Å². The summed E-state index contributed by atoms with van der Waals surface area (Å²) in [5, 5.41) is 8.78. The van der Waals surface area contributed by atoms with Gasteiger partial charge in [0.1, 0.15) is 4.60 Å². The molecule has 1 aliphatic rings. The molecule has 17 heavy (non-hydrogen) atoms. The highest BCUT2D eigenvalue weighted by Crippen LogP contribution is 2.55. The summed E-state index contributed by atoms with van der Waals surface area (Å²) in [7, 11) is 0. The molecule has 0 amide bonds. The number of imidazole rings is 1. The molecule has 1 aromatic heterocycles. The lowest BCUT2D eigenvalue weighted by molar-refractivity contribution is -0.150. The Bertz CT molecular complexity index is 486. The second kappa shape index (κ2) is 3.98. The number of halogens is 5. The molecule has 9 heteroatoms. The third-order valence-corrected chi connectivity index (χ3v) is 3.84. The molecule has 1 aliphatic carbocycles. The number of carboxylic acids is 1. The van der Waals surface area contributed by atoms with Crippen molar-refractivity contribution in [2.24, 2.45) is 5.92 Å². The Morgan fingerprint density at radius 2 is 2.06 bits per heavy atom. The Labute approximate surface area is 110 Å². The van der Waals surface area contributed by atoms with Crippen LogP contribution in [0.4, 0.5) is 13.2 Å². The van der Waals surface area contributed by atoms with E-state index in [0.29, 0.717) is 0 Å². The van der Waals surface area contributed by atoms with Crippen LogP contribution >= 0.6 is 31.9 Å². The molecule has 1 saturated carbocycles. The Balaban J connectivity index is 2.33. The summed E-state index contributed by atoms with van der Waals surface area (Å²) >= 11 is 5.92. The molecular formula is C8H5Br2F3N2O2. The monoisotopic (exact) mass is 376 g/mol. The van der Waals surface area contributed by atoms with E-state index in [9.17, 15) is 18.0 Å². The molecule has 0 bridgehead atoms. The molecule has 0 aliphatic heterocycles. The van der Waals surface area contributed by atoms with E-state index in [1.165, 1.54) is 4.57 Å². The molecule has 2 rings (SSSR count). The predicted molar refractivity (Wildman–Crippen MR) is 57.8 cm³/mol. The fourth-order valence-corrected chi connectivity index (χ4v) is 3.17. The van der Waals surface area contributed by atoms with E-state index in [-0.39, 0.29) is 21.5 Å². The second-order valence-electron chi connectivity index (χ2n) is 3.65. The minimum Gasteiger partial charge on any atom is -0.476 e. The Kier molecular flexibility index (Phi) is 3.01. The van der Waals surface area contributed by atoms with Gasteiger partial charge in [0.15, 0.2) is 10.4 Å². The number of aromatic carboxylic acids is 1. The maximum atomic E-state index is 12.4. The fraction of sp³-hybridized carbons (Fsp3) is 0.500. The number of aromatic nitrogens is 2. The standard InChI is InChI=1S/C8H5Br2F3N2O2/c9-5-4(6(16)17)14-7(10)15(5)3-1-2(3)8(11,12)13/h2-3H,1H2,(H,16,17)/t2-,3-/m0/s1. The van der Waals surface area contributed by atoms with Crippen molar-refractivity contribution in [1.82, 2.24) is 9.55 Å². The minimum atomic E-state index is -4.27. The van der Waals surface area contributed by atoms with Gasteiger partial charge in [0.25, 0.3) is 0 Å². The molecule has 94 valence electrons. The van der Waals surface area contributed by atoms with Crippen LogP contribution in [-0.4, -0.2) is 26.8 Å². The number of hydrogen-bond donors (Lipinski definition) is 1. The number of hydrogen-bond acceptors (Lipinski definition) is 2. The third-order valence-electron chi connectivity index (χ3n) is 2.52. The van der Waals surface area contributed by atoms with E-state index in [1.807, 2.05) is 0 Å². The average molecular weight is 378 g/mol. The molecule has 1 fully saturated rings. The van der Waals surface area contributed by atoms with Crippen LogP contribution in [0.1, 0.15) is 23.0 Å².